The number of carbonyl (C=O) groups excluding carboxylic acids is 2. The van der Waals surface area contributed by atoms with Crippen LogP contribution < -0.4 is 5.32 Å². The Labute approximate surface area is 124 Å². The summed E-state index contributed by atoms with van der Waals surface area (Å²) in [6.45, 7) is 7.01. The fraction of sp³-hybridized carbons (Fsp3) is 0.467. The van der Waals surface area contributed by atoms with Crippen LogP contribution in [0.3, 0.4) is 0 Å². The van der Waals surface area contributed by atoms with E-state index in [-0.39, 0.29) is 11.7 Å². The van der Waals surface area contributed by atoms with Gasteiger partial charge < -0.3 is 10.1 Å². The zero-order chi connectivity index (χ0) is 15.2. The van der Waals surface area contributed by atoms with Crippen LogP contribution in [0, 0.1) is 0 Å². The molecule has 1 atom stereocenters. The van der Waals surface area contributed by atoms with Gasteiger partial charge in [0, 0.05) is 4.90 Å². The van der Waals surface area contributed by atoms with E-state index in [1.165, 1.54) is 11.8 Å². The largest absolute Gasteiger partial charge is 0.458 e. The van der Waals surface area contributed by atoms with Crippen molar-refractivity contribution in [3.05, 3.63) is 30.3 Å². The highest BCUT2D eigenvalue weighted by molar-refractivity contribution is 8.00. The molecule has 20 heavy (non-hydrogen) atoms. The predicted molar refractivity (Wildman–Crippen MR) is 80.6 cm³/mol. The molecule has 0 aliphatic carbocycles. The van der Waals surface area contributed by atoms with E-state index in [0.717, 1.165) is 4.90 Å². The number of benzene rings is 1. The maximum atomic E-state index is 11.8. The van der Waals surface area contributed by atoms with Gasteiger partial charge in [0.1, 0.15) is 11.6 Å². The number of hydrogen-bond donors (Lipinski definition) is 1. The highest BCUT2D eigenvalue weighted by Gasteiger charge is 2.22. The molecule has 0 spiro atoms. The van der Waals surface area contributed by atoms with Crippen molar-refractivity contribution in [2.45, 2.75) is 44.2 Å². The summed E-state index contributed by atoms with van der Waals surface area (Å²) in [5.41, 5.74) is -0.547. The highest BCUT2D eigenvalue weighted by Crippen LogP contribution is 2.16. The summed E-state index contributed by atoms with van der Waals surface area (Å²) >= 11 is 1.43. The van der Waals surface area contributed by atoms with Gasteiger partial charge in [-0.15, -0.1) is 11.8 Å². The van der Waals surface area contributed by atoms with Crippen molar-refractivity contribution < 1.29 is 14.3 Å². The van der Waals surface area contributed by atoms with E-state index in [1.54, 1.807) is 27.7 Å². The zero-order valence-electron chi connectivity index (χ0n) is 12.3. The van der Waals surface area contributed by atoms with E-state index in [4.69, 9.17) is 4.74 Å². The first-order chi connectivity index (χ1) is 9.28. The van der Waals surface area contributed by atoms with Crippen LogP contribution >= 0.6 is 11.8 Å². The van der Waals surface area contributed by atoms with Gasteiger partial charge in [-0.05, 0) is 39.8 Å². The number of esters is 1. The Balaban J connectivity index is 2.36. The topological polar surface area (TPSA) is 55.4 Å². The average molecular weight is 295 g/mol. The molecule has 110 valence electrons. The van der Waals surface area contributed by atoms with E-state index in [1.807, 2.05) is 30.3 Å². The Morgan fingerprint density at radius 2 is 1.85 bits per heavy atom. The molecule has 0 bridgehead atoms. The first kappa shape index (κ1) is 16.6. The molecule has 0 aliphatic heterocycles. The molecule has 5 heteroatoms. The standard InChI is InChI=1S/C15H21NO3S/c1-11(14(18)19-15(2,3)4)16-13(17)10-20-12-8-6-5-7-9-12/h5-9,11H,10H2,1-4H3,(H,16,17)/t11-/m1/s1. The Morgan fingerprint density at radius 3 is 2.40 bits per heavy atom. The molecule has 1 rings (SSSR count). The number of rotatable bonds is 5. The number of thioether (sulfide) groups is 1. The Bertz CT molecular complexity index is 454. The summed E-state index contributed by atoms with van der Waals surface area (Å²) in [4.78, 5) is 24.5. The minimum absolute atomic E-state index is 0.183. The highest BCUT2D eigenvalue weighted by atomic mass is 32.2. The van der Waals surface area contributed by atoms with Gasteiger partial charge >= 0.3 is 5.97 Å². The third kappa shape index (κ3) is 6.61. The molecule has 4 nitrogen and oxygen atoms in total. The minimum atomic E-state index is -0.641. The zero-order valence-corrected chi connectivity index (χ0v) is 13.1. The molecule has 0 fully saturated rings. The Kier molecular flexibility index (Phi) is 6.07. The molecule has 0 unspecified atom stereocenters. The lowest BCUT2D eigenvalue weighted by Crippen LogP contribution is -2.42. The van der Waals surface area contributed by atoms with Gasteiger partial charge in [-0.25, -0.2) is 4.79 Å². The van der Waals surface area contributed by atoms with Crippen molar-refractivity contribution in [3.8, 4) is 0 Å². The summed E-state index contributed by atoms with van der Waals surface area (Å²) < 4.78 is 5.20. The van der Waals surface area contributed by atoms with Crippen molar-refractivity contribution in [3.63, 3.8) is 0 Å². The summed E-state index contributed by atoms with van der Waals surface area (Å²) in [7, 11) is 0. The second-order valence-corrected chi connectivity index (χ2v) is 6.47. The minimum Gasteiger partial charge on any atom is -0.458 e. The molecule has 0 saturated carbocycles. The van der Waals surface area contributed by atoms with Crippen LogP contribution in [0.4, 0.5) is 0 Å². The fourth-order valence-electron chi connectivity index (χ4n) is 1.40. The summed E-state index contributed by atoms with van der Waals surface area (Å²) in [6, 6.07) is 9.00. The third-order valence-corrected chi connectivity index (χ3v) is 3.26. The number of carbonyl (C=O) groups is 2. The van der Waals surface area contributed by atoms with Crippen LogP contribution in [0.2, 0.25) is 0 Å². The van der Waals surface area contributed by atoms with Crippen LogP contribution in [0.25, 0.3) is 0 Å². The predicted octanol–water partition coefficient (Wildman–Crippen LogP) is 2.63. The molecule has 1 aromatic carbocycles. The molecule has 0 saturated heterocycles. The molecular formula is C15H21NO3S. The lowest BCUT2D eigenvalue weighted by Gasteiger charge is -2.22. The smallest absolute Gasteiger partial charge is 0.328 e. The van der Waals surface area contributed by atoms with E-state index in [0.29, 0.717) is 0 Å². The maximum Gasteiger partial charge on any atom is 0.328 e. The molecule has 1 amide bonds. The summed E-state index contributed by atoms with van der Waals surface area (Å²) in [5, 5.41) is 2.64. The lowest BCUT2D eigenvalue weighted by atomic mass is 10.2. The van der Waals surface area contributed by atoms with Gasteiger partial charge in [-0.1, -0.05) is 18.2 Å². The van der Waals surface area contributed by atoms with E-state index >= 15 is 0 Å². The lowest BCUT2D eigenvalue weighted by molar-refractivity contribution is -0.157. The summed E-state index contributed by atoms with van der Waals surface area (Å²) in [6.07, 6.45) is 0. The molecule has 1 aromatic rings. The molecule has 0 aliphatic rings. The summed E-state index contributed by atoms with van der Waals surface area (Å²) in [5.74, 6) is -0.329. The molecule has 0 radical (unpaired) electrons. The third-order valence-electron chi connectivity index (χ3n) is 2.25. The van der Waals surface area contributed by atoms with E-state index in [2.05, 4.69) is 5.32 Å². The normalized spacial score (nSPS) is 12.6. The van der Waals surface area contributed by atoms with Crippen LogP contribution in [0.5, 0.6) is 0 Å². The number of nitrogens with one attached hydrogen (secondary N) is 1. The van der Waals surface area contributed by atoms with Crippen molar-refractivity contribution in [2.24, 2.45) is 0 Å². The van der Waals surface area contributed by atoms with Crippen molar-refractivity contribution >= 4 is 23.6 Å². The fourth-order valence-corrected chi connectivity index (χ4v) is 2.13. The molecule has 0 heterocycles. The van der Waals surface area contributed by atoms with Gasteiger partial charge in [-0.3, -0.25) is 4.79 Å². The number of hydrogen-bond acceptors (Lipinski definition) is 4. The van der Waals surface area contributed by atoms with Gasteiger partial charge in [0.25, 0.3) is 0 Å². The van der Waals surface area contributed by atoms with Crippen LogP contribution in [-0.2, 0) is 14.3 Å². The van der Waals surface area contributed by atoms with Gasteiger partial charge in [0.05, 0.1) is 5.75 Å². The van der Waals surface area contributed by atoms with Crippen molar-refractivity contribution in [1.82, 2.24) is 5.32 Å². The van der Waals surface area contributed by atoms with Crippen LogP contribution in [-0.4, -0.2) is 29.3 Å². The van der Waals surface area contributed by atoms with Gasteiger partial charge in [0.15, 0.2) is 0 Å². The second kappa shape index (κ2) is 7.33. The maximum absolute atomic E-state index is 11.8. The first-order valence-electron chi connectivity index (χ1n) is 6.48. The molecular weight excluding hydrogens is 274 g/mol. The Hall–Kier alpha value is -1.49. The quantitative estimate of drug-likeness (QED) is 0.670. The number of amides is 1. The SMILES string of the molecule is C[C@@H](NC(=O)CSc1ccccc1)C(=O)OC(C)(C)C. The van der Waals surface area contributed by atoms with Gasteiger partial charge in [-0.2, -0.15) is 0 Å². The first-order valence-corrected chi connectivity index (χ1v) is 7.46. The number of ether oxygens (including phenoxy) is 1. The van der Waals surface area contributed by atoms with Crippen molar-refractivity contribution in [1.29, 1.82) is 0 Å². The second-order valence-electron chi connectivity index (χ2n) is 5.42. The molecule has 0 aromatic heterocycles. The van der Waals surface area contributed by atoms with Crippen molar-refractivity contribution in [2.75, 3.05) is 5.75 Å². The van der Waals surface area contributed by atoms with Crippen LogP contribution in [0.15, 0.2) is 35.2 Å². The van der Waals surface area contributed by atoms with Gasteiger partial charge in [0.2, 0.25) is 5.91 Å². The Morgan fingerprint density at radius 1 is 1.25 bits per heavy atom. The van der Waals surface area contributed by atoms with E-state index < -0.39 is 17.6 Å². The molecule has 1 N–H and O–H groups in total. The van der Waals surface area contributed by atoms with Crippen LogP contribution in [0.1, 0.15) is 27.7 Å². The monoisotopic (exact) mass is 295 g/mol. The van der Waals surface area contributed by atoms with E-state index in [9.17, 15) is 9.59 Å². The average Bonchev–Trinajstić information content (AvgIpc) is 2.35.